The lowest BCUT2D eigenvalue weighted by molar-refractivity contribution is -0.0871. The van der Waals surface area contributed by atoms with E-state index in [1.165, 1.54) is 11.3 Å². The largest absolute Gasteiger partial charge is 0.497 e. The van der Waals surface area contributed by atoms with Gasteiger partial charge in [-0.2, -0.15) is 0 Å². The van der Waals surface area contributed by atoms with E-state index in [1.54, 1.807) is 7.11 Å². The second-order valence-corrected chi connectivity index (χ2v) is 8.77. The highest BCUT2D eigenvalue weighted by molar-refractivity contribution is 5.69. The van der Waals surface area contributed by atoms with Gasteiger partial charge in [0.2, 0.25) is 0 Å². The Balaban J connectivity index is 1.78. The minimum absolute atomic E-state index is 0.00303. The first-order valence-corrected chi connectivity index (χ1v) is 10.0. The number of rotatable bonds is 2. The van der Waals surface area contributed by atoms with Crippen LogP contribution in [0.3, 0.4) is 0 Å². The number of nitrogens with zero attached hydrogens (tertiary/aromatic N) is 2. The van der Waals surface area contributed by atoms with Gasteiger partial charge in [-0.3, -0.25) is 4.90 Å². The predicted octanol–water partition coefficient (Wildman–Crippen LogP) is 2.80. The topological polar surface area (TPSA) is 35.9 Å². The van der Waals surface area contributed by atoms with E-state index in [0.29, 0.717) is 6.04 Å². The summed E-state index contributed by atoms with van der Waals surface area (Å²) < 4.78 is 5.50. The van der Waals surface area contributed by atoms with Gasteiger partial charge in [-0.25, -0.2) is 0 Å². The summed E-state index contributed by atoms with van der Waals surface area (Å²) in [6.07, 6.45) is 6.66. The third-order valence-electron chi connectivity index (χ3n) is 8.27. The lowest BCUT2D eigenvalue weighted by Crippen LogP contribution is -2.71. The molecule has 6 atom stereocenters. The maximum atomic E-state index is 11.5. The molecule has 0 amide bonds. The number of aliphatic hydroxyl groups excluding tert-OH is 1. The summed E-state index contributed by atoms with van der Waals surface area (Å²) in [7, 11) is 3.89. The molecule has 1 N–H and O–H groups in total. The smallest absolute Gasteiger partial charge is 0.120 e. The standard InChI is InChI=1S/C22H30N2O2/c1-5-21-9-6-11-24-12-10-22(20(21)24)16-8-7-15(26-4)13-17(16)23(3)19(22)18(25)14(21)2/h6-9,13-14,18-20,25H,5,10-12H2,1-4H3/t14-,18+,19-,20-,21?,22-/m0/s1. The molecule has 1 saturated heterocycles. The van der Waals surface area contributed by atoms with Gasteiger partial charge in [0.1, 0.15) is 5.75 Å². The molecule has 1 aromatic carbocycles. The first-order chi connectivity index (χ1) is 12.5. The van der Waals surface area contributed by atoms with E-state index in [9.17, 15) is 5.11 Å². The SMILES string of the molecule is CCC12C=CCN3CC[C@@]4(c5ccc(OC)cc5N(C)[C@H]4[C@H](O)[C@@H]1C)[C@@H]32. The number of hydrogen-bond acceptors (Lipinski definition) is 4. The lowest BCUT2D eigenvalue weighted by atomic mass is 9.49. The first kappa shape index (κ1) is 16.6. The fourth-order valence-corrected chi connectivity index (χ4v) is 7.16. The first-order valence-electron chi connectivity index (χ1n) is 10.0. The van der Waals surface area contributed by atoms with Gasteiger partial charge in [-0.15, -0.1) is 0 Å². The third-order valence-corrected chi connectivity index (χ3v) is 8.27. The van der Waals surface area contributed by atoms with Crippen LogP contribution in [-0.4, -0.2) is 55.4 Å². The summed E-state index contributed by atoms with van der Waals surface area (Å²) in [6, 6.07) is 7.14. The van der Waals surface area contributed by atoms with Gasteiger partial charge in [0.15, 0.2) is 0 Å². The average molecular weight is 354 g/mol. The molecule has 1 saturated carbocycles. The van der Waals surface area contributed by atoms with Crippen LogP contribution in [0.2, 0.25) is 0 Å². The highest BCUT2D eigenvalue weighted by Crippen LogP contribution is 2.65. The molecule has 4 aliphatic rings. The van der Waals surface area contributed by atoms with Crippen molar-refractivity contribution in [2.24, 2.45) is 11.3 Å². The van der Waals surface area contributed by atoms with Crippen molar-refractivity contribution in [1.29, 1.82) is 0 Å². The number of aliphatic hydroxyl groups is 1. The molecule has 0 bridgehead atoms. The van der Waals surface area contributed by atoms with Gasteiger partial charge in [0.25, 0.3) is 0 Å². The van der Waals surface area contributed by atoms with Gasteiger partial charge in [-0.05, 0) is 36.9 Å². The molecule has 140 valence electrons. The number of anilines is 1. The summed E-state index contributed by atoms with van der Waals surface area (Å²) >= 11 is 0. The fourth-order valence-electron chi connectivity index (χ4n) is 7.16. The number of methoxy groups -OCH3 is 1. The van der Waals surface area contributed by atoms with Crippen LogP contribution in [0, 0.1) is 11.3 Å². The molecule has 0 radical (unpaired) electrons. The van der Waals surface area contributed by atoms with Crippen LogP contribution in [-0.2, 0) is 5.41 Å². The zero-order valence-corrected chi connectivity index (χ0v) is 16.3. The zero-order chi connectivity index (χ0) is 18.3. The summed E-state index contributed by atoms with van der Waals surface area (Å²) in [5, 5.41) is 11.5. The van der Waals surface area contributed by atoms with Gasteiger partial charge in [0, 0.05) is 42.2 Å². The lowest BCUT2D eigenvalue weighted by Gasteiger charge is -2.61. The van der Waals surface area contributed by atoms with Gasteiger partial charge < -0.3 is 14.7 Å². The van der Waals surface area contributed by atoms with Crippen molar-refractivity contribution < 1.29 is 9.84 Å². The Bertz CT molecular complexity index is 777. The highest BCUT2D eigenvalue weighted by atomic mass is 16.5. The molecular weight excluding hydrogens is 324 g/mol. The van der Waals surface area contributed by atoms with Crippen molar-refractivity contribution in [1.82, 2.24) is 4.90 Å². The Kier molecular flexibility index (Phi) is 3.37. The molecule has 4 nitrogen and oxygen atoms in total. The molecule has 0 aromatic heterocycles. The molecule has 1 aliphatic carbocycles. The number of hydrogen-bond donors (Lipinski definition) is 1. The maximum Gasteiger partial charge on any atom is 0.120 e. The van der Waals surface area contributed by atoms with E-state index >= 15 is 0 Å². The van der Waals surface area contributed by atoms with Crippen LogP contribution < -0.4 is 9.64 Å². The van der Waals surface area contributed by atoms with Crippen LogP contribution in [0.5, 0.6) is 5.75 Å². The Morgan fingerprint density at radius 2 is 2.15 bits per heavy atom. The maximum absolute atomic E-state index is 11.5. The highest BCUT2D eigenvalue weighted by Gasteiger charge is 2.71. The van der Waals surface area contributed by atoms with Crippen LogP contribution in [0.4, 0.5) is 5.69 Å². The van der Waals surface area contributed by atoms with Crippen LogP contribution in [0.15, 0.2) is 30.4 Å². The van der Waals surface area contributed by atoms with Crippen molar-refractivity contribution >= 4 is 5.69 Å². The van der Waals surface area contributed by atoms with E-state index < -0.39 is 0 Å². The Morgan fingerprint density at radius 1 is 1.35 bits per heavy atom. The minimum atomic E-state index is -0.336. The van der Waals surface area contributed by atoms with Crippen molar-refractivity contribution in [2.75, 3.05) is 32.1 Å². The summed E-state index contributed by atoms with van der Waals surface area (Å²) in [4.78, 5) is 5.03. The fraction of sp³-hybridized carbons (Fsp3) is 0.636. The number of benzene rings is 1. The second-order valence-electron chi connectivity index (χ2n) is 8.77. The second kappa shape index (κ2) is 5.26. The van der Waals surface area contributed by atoms with E-state index in [-0.39, 0.29) is 28.9 Å². The Morgan fingerprint density at radius 3 is 2.88 bits per heavy atom. The van der Waals surface area contributed by atoms with Crippen LogP contribution in [0.25, 0.3) is 0 Å². The molecule has 1 spiro atoms. The zero-order valence-electron chi connectivity index (χ0n) is 16.3. The third kappa shape index (κ3) is 1.64. The van der Waals surface area contributed by atoms with E-state index in [4.69, 9.17) is 4.74 Å². The molecule has 3 heterocycles. The van der Waals surface area contributed by atoms with Crippen LogP contribution in [0.1, 0.15) is 32.3 Å². The summed E-state index contributed by atoms with van der Waals surface area (Å²) in [6.45, 7) is 6.73. The summed E-state index contributed by atoms with van der Waals surface area (Å²) in [5.41, 5.74) is 2.71. The molecule has 26 heavy (non-hydrogen) atoms. The molecule has 4 heteroatoms. The quantitative estimate of drug-likeness (QED) is 0.829. The molecule has 2 fully saturated rings. The Hall–Kier alpha value is -1.52. The minimum Gasteiger partial charge on any atom is -0.497 e. The Labute approximate surface area is 156 Å². The van der Waals surface area contributed by atoms with E-state index in [1.807, 2.05) is 0 Å². The van der Waals surface area contributed by atoms with Crippen molar-refractivity contribution in [3.63, 3.8) is 0 Å². The summed E-state index contributed by atoms with van der Waals surface area (Å²) in [5.74, 6) is 1.14. The average Bonchev–Trinajstić information content (AvgIpc) is 3.17. The van der Waals surface area contributed by atoms with Crippen molar-refractivity contribution in [3.8, 4) is 5.75 Å². The number of fused-ring (bicyclic) bond motifs is 1. The van der Waals surface area contributed by atoms with E-state index in [0.717, 1.165) is 31.7 Å². The van der Waals surface area contributed by atoms with Crippen molar-refractivity contribution in [2.45, 2.75) is 50.3 Å². The molecule has 1 aromatic rings. The molecule has 5 rings (SSSR count). The van der Waals surface area contributed by atoms with Gasteiger partial charge in [0.05, 0.1) is 19.3 Å². The molecule has 3 aliphatic heterocycles. The predicted molar refractivity (Wildman–Crippen MR) is 104 cm³/mol. The van der Waals surface area contributed by atoms with Gasteiger partial charge >= 0.3 is 0 Å². The number of ether oxygens (including phenoxy) is 1. The van der Waals surface area contributed by atoms with Crippen LogP contribution >= 0.6 is 0 Å². The number of likely N-dealkylation sites (N-methyl/N-ethyl adjacent to an activating group) is 1. The molecular formula is C22H30N2O2. The monoisotopic (exact) mass is 354 g/mol. The van der Waals surface area contributed by atoms with Crippen molar-refractivity contribution in [3.05, 3.63) is 35.9 Å². The molecule has 1 unspecified atom stereocenters. The van der Waals surface area contributed by atoms with E-state index in [2.05, 4.69) is 61.0 Å². The van der Waals surface area contributed by atoms with Gasteiger partial charge in [-0.1, -0.05) is 32.1 Å². The normalized spacial score (nSPS) is 43.2.